The molecule has 2 saturated heterocycles. The van der Waals surface area contributed by atoms with Crippen molar-refractivity contribution in [3.8, 4) is 0 Å². The van der Waals surface area contributed by atoms with E-state index in [0.29, 0.717) is 37.4 Å². The van der Waals surface area contributed by atoms with E-state index >= 15 is 0 Å². The number of piperidine rings is 2. The molecular weight excluding hydrogens is 414 g/mol. The number of benzene rings is 1. The lowest BCUT2D eigenvalue weighted by Gasteiger charge is -2.34. The van der Waals surface area contributed by atoms with Gasteiger partial charge in [0.2, 0.25) is 15.9 Å². The monoisotopic (exact) mass is 445 g/mol. The molecule has 2 aromatic rings. The molecule has 3 heterocycles. The van der Waals surface area contributed by atoms with Crippen molar-refractivity contribution in [1.29, 1.82) is 0 Å². The number of furan rings is 1. The molecule has 1 unspecified atom stereocenters. The fraction of sp³-hybridized carbons (Fsp3) is 0.522. The Labute approximate surface area is 184 Å². The molecule has 0 bridgehead atoms. The second-order valence-electron chi connectivity index (χ2n) is 8.36. The molecule has 0 spiro atoms. The summed E-state index contributed by atoms with van der Waals surface area (Å²) in [5.74, 6) is 0.720. The number of rotatable bonds is 7. The summed E-state index contributed by atoms with van der Waals surface area (Å²) in [4.78, 5) is 15.5. The minimum absolute atomic E-state index is 0.00493. The molecule has 2 aliphatic heterocycles. The molecule has 8 heteroatoms. The van der Waals surface area contributed by atoms with Crippen molar-refractivity contribution >= 4 is 15.9 Å². The predicted octanol–water partition coefficient (Wildman–Crippen LogP) is 3.02. The summed E-state index contributed by atoms with van der Waals surface area (Å²) in [6, 6.07) is 12.4. The van der Waals surface area contributed by atoms with Gasteiger partial charge in [0, 0.05) is 25.6 Å². The molecular formula is C23H31N3O4S. The number of carbonyl (C=O) groups is 1. The van der Waals surface area contributed by atoms with Crippen LogP contribution in [0.25, 0.3) is 0 Å². The molecule has 0 aliphatic carbocycles. The first kappa shape index (κ1) is 22.0. The Hall–Kier alpha value is -2.16. The molecule has 1 atom stereocenters. The summed E-state index contributed by atoms with van der Waals surface area (Å²) in [6.45, 7) is 3.26. The van der Waals surface area contributed by atoms with Crippen molar-refractivity contribution in [2.75, 3.05) is 32.7 Å². The minimum atomic E-state index is -3.50. The minimum Gasteiger partial charge on any atom is -0.468 e. The van der Waals surface area contributed by atoms with Crippen LogP contribution < -0.4 is 5.32 Å². The number of nitrogens with one attached hydrogen (secondary N) is 1. The van der Waals surface area contributed by atoms with Gasteiger partial charge in [-0.1, -0.05) is 24.6 Å². The topological polar surface area (TPSA) is 82.9 Å². The molecule has 1 amide bonds. The Balaban J connectivity index is 1.32. The first-order valence-electron chi connectivity index (χ1n) is 11.2. The van der Waals surface area contributed by atoms with Crippen LogP contribution in [-0.2, 0) is 14.8 Å². The zero-order valence-electron chi connectivity index (χ0n) is 17.8. The Kier molecular flexibility index (Phi) is 7.09. The maximum Gasteiger partial charge on any atom is 0.243 e. The van der Waals surface area contributed by atoms with Gasteiger partial charge in [-0.2, -0.15) is 4.31 Å². The molecule has 1 aromatic heterocycles. The highest BCUT2D eigenvalue weighted by Gasteiger charge is 2.33. The zero-order valence-corrected chi connectivity index (χ0v) is 18.6. The normalized spacial score (nSPS) is 20.4. The molecule has 4 rings (SSSR count). The summed E-state index contributed by atoms with van der Waals surface area (Å²) in [6.07, 6.45) is 6.33. The number of sulfonamides is 1. The maximum atomic E-state index is 12.9. The Bertz CT molecular complexity index is 932. The van der Waals surface area contributed by atoms with Crippen molar-refractivity contribution in [3.63, 3.8) is 0 Å². The molecule has 31 heavy (non-hydrogen) atoms. The second kappa shape index (κ2) is 9.97. The average Bonchev–Trinajstić information content (AvgIpc) is 3.35. The molecule has 1 N–H and O–H groups in total. The lowest BCUT2D eigenvalue weighted by Crippen LogP contribution is -2.45. The molecule has 0 saturated carbocycles. The largest absolute Gasteiger partial charge is 0.468 e. The SMILES string of the molecule is O=C(NCC(c1ccco1)N1CCCCC1)C1CCN(S(=O)(=O)c2ccccc2)CC1. The fourth-order valence-electron chi connectivity index (χ4n) is 4.56. The van der Waals surface area contributed by atoms with Crippen molar-refractivity contribution in [2.45, 2.75) is 43.0 Å². The van der Waals surface area contributed by atoms with Gasteiger partial charge in [-0.05, 0) is 63.0 Å². The second-order valence-corrected chi connectivity index (χ2v) is 10.3. The molecule has 0 radical (unpaired) electrons. The van der Waals surface area contributed by atoms with Crippen LogP contribution in [0.15, 0.2) is 58.0 Å². The van der Waals surface area contributed by atoms with Crippen LogP contribution >= 0.6 is 0 Å². The van der Waals surface area contributed by atoms with Crippen molar-refractivity contribution in [1.82, 2.24) is 14.5 Å². The third-order valence-corrected chi connectivity index (χ3v) is 8.29. The standard InChI is InChI=1S/C23H31N3O4S/c27-23(24-18-21(22-10-7-17-30-22)25-13-5-2-6-14-25)19-11-15-26(16-12-19)31(28,29)20-8-3-1-4-9-20/h1,3-4,7-10,17,19,21H,2,5-6,11-16,18H2,(H,24,27). The van der Waals surface area contributed by atoms with E-state index in [0.717, 1.165) is 18.8 Å². The third kappa shape index (κ3) is 5.19. The summed E-state index contributed by atoms with van der Waals surface area (Å²) in [5.41, 5.74) is 0. The van der Waals surface area contributed by atoms with Gasteiger partial charge in [-0.25, -0.2) is 8.42 Å². The van der Waals surface area contributed by atoms with E-state index in [1.54, 1.807) is 36.6 Å². The zero-order chi connectivity index (χ0) is 21.7. The van der Waals surface area contributed by atoms with E-state index in [9.17, 15) is 13.2 Å². The smallest absolute Gasteiger partial charge is 0.243 e. The van der Waals surface area contributed by atoms with Gasteiger partial charge in [-0.3, -0.25) is 9.69 Å². The van der Waals surface area contributed by atoms with Crippen molar-refractivity contribution < 1.29 is 17.6 Å². The number of likely N-dealkylation sites (tertiary alicyclic amines) is 1. The summed E-state index contributed by atoms with van der Waals surface area (Å²) >= 11 is 0. The molecule has 7 nitrogen and oxygen atoms in total. The van der Waals surface area contributed by atoms with Gasteiger partial charge in [0.25, 0.3) is 0 Å². The van der Waals surface area contributed by atoms with E-state index < -0.39 is 10.0 Å². The fourth-order valence-corrected chi connectivity index (χ4v) is 6.05. The molecule has 168 valence electrons. The Morgan fingerprint density at radius 2 is 1.71 bits per heavy atom. The van der Waals surface area contributed by atoms with Crippen molar-refractivity contribution in [3.05, 3.63) is 54.5 Å². The van der Waals surface area contributed by atoms with Crippen molar-refractivity contribution in [2.24, 2.45) is 5.92 Å². The van der Waals surface area contributed by atoms with E-state index in [4.69, 9.17) is 4.42 Å². The number of hydrogen-bond donors (Lipinski definition) is 1. The van der Waals surface area contributed by atoms with Gasteiger partial charge in [0.05, 0.1) is 17.2 Å². The lowest BCUT2D eigenvalue weighted by atomic mass is 9.97. The van der Waals surface area contributed by atoms with Crippen LogP contribution in [0.2, 0.25) is 0 Å². The number of nitrogens with zero attached hydrogens (tertiary/aromatic N) is 2. The molecule has 2 aliphatic rings. The molecule has 2 fully saturated rings. The number of hydrogen-bond acceptors (Lipinski definition) is 5. The van der Waals surface area contributed by atoms with Gasteiger partial charge in [-0.15, -0.1) is 0 Å². The summed E-state index contributed by atoms with van der Waals surface area (Å²) in [7, 11) is -3.50. The first-order valence-corrected chi connectivity index (χ1v) is 12.6. The summed E-state index contributed by atoms with van der Waals surface area (Å²) < 4.78 is 32.7. The van der Waals surface area contributed by atoms with E-state index in [-0.39, 0.29) is 17.9 Å². The Morgan fingerprint density at radius 3 is 2.35 bits per heavy atom. The predicted molar refractivity (Wildman–Crippen MR) is 118 cm³/mol. The van der Waals surface area contributed by atoms with Crippen LogP contribution in [-0.4, -0.2) is 56.3 Å². The number of amides is 1. The third-order valence-electron chi connectivity index (χ3n) is 6.38. The number of carbonyl (C=O) groups excluding carboxylic acids is 1. The van der Waals surface area contributed by atoms with Crippen LogP contribution in [0.1, 0.15) is 43.9 Å². The lowest BCUT2D eigenvalue weighted by molar-refractivity contribution is -0.126. The highest BCUT2D eigenvalue weighted by atomic mass is 32.2. The van der Waals surface area contributed by atoms with Gasteiger partial charge < -0.3 is 9.73 Å². The van der Waals surface area contributed by atoms with E-state index in [1.165, 1.54) is 23.6 Å². The van der Waals surface area contributed by atoms with E-state index in [1.807, 2.05) is 12.1 Å². The highest BCUT2D eigenvalue weighted by molar-refractivity contribution is 7.89. The van der Waals surface area contributed by atoms with Gasteiger partial charge in [0.1, 0.15) is 5.76 Å². The maximum absolute atomic E-state index is 12.9. The first-order chi connectivity index (χ1) is 15.1. The highest BCUT2D eigenvalue weighted by Crippen LogP contribution is 2.26. The van der Waals surface area contributed by atoms with Gasteiger partial charge >= 0.3 is 0 Å². The Morgan fingerprint density at radius 1 is 1.00 bits per heavy atom. The van der Waals surface area contributed by atoms with E-state index in [2.05, 4.69) is 10.2 Å². The average molecular weight is 446 g/mol. The van der Waals surface area contributed by atoms with Crippen LogP contribution in [0.3, 0.4) is 0 Å². The van der Waals surface area contributed by atoms with Crippen LogP contribution in [0.4, 0.5) is 0 Å². The summed E-state index contributed by atoms with van der Waals surface area (Å²) in [5, 5.41) is 3.11. The van der Waals surface area contributed by atoms with Gasteiger partial charge in [0.15, 0.2) is 0 Å². The quantitative estimate of drug-likeness (QED) is 0.708. The van der Waals surface area contributed by atoms with Crippen LogP contribution in [0.5, 0.6) is 0 Å². The molecule has 1 aromatic carbocycles. The van der Waals surface area contributed by atoms with Crippen LogP contribution in [0, 0.1) is 5.92 Å².